The molecular weight excluding hydrogens is 750 g/mol. The SMILES string of the molecule is CC/C=C/C/C=C/C/C=C\C/C=C\C/C=C/C/C=C\CCC(=O)OC(COC(=O)CCCCCCC/C=C\CCCCCCCC)COP(=O)([O-])OCC[N+](C)(C)C. The van der Waals surface area contributed by atoms with E-state index in [0.717, 1.165) is 70.6 Å². The molecule has 2 atom stereocenters. The number of esters is 2. The number of allylic oxidation sites excluding steroid dienone is 14. The van der Waals surface area contributed by atoms with E-state index in [1.807, 2.05) is 33.3 Å². The zero-order valence-electron chi connectivity index (χ0n) is 37.2. The highest BCUT2D eigenvalue weighted by Crippen LogP contribution is 2.38. The van der Waals surface area contributed by atoms with Crippen LogP contribution in [0.1, 0.15) is 155 Å². The van der Waals surface area contributed by atoms with Crippen LogP contribution >= 0.6 is 7.82 Å². The number of ether oxygens (including phenoxy) is 2. The fraction of sp³-hybridized carbons (Fsp3) is 0.667. The van der Waals surface area contributed by atoms with E-state index in [9.17, 15) is 19.0 Å². The van der Waals surface area contributed by atoms with E-state index >= 15 is 0 Å². The van der Waals surface area contributed by atoms with Gasteiger partial charge in [0, 0.05) is 12.8 Å². The lowest BCUT2D eigenvalue weighted by molar-refractivity contribution is -0.870. The van der Waals surface area contributed by atoms with Gasteiger partial charge in [0.05, 0.1) is 27.7 Å². The van der Waals surface area contributed by atoms with Crippen LogP contribution < -0.4 is 4.89 Å². The van der Waals surface area contributed by atoms with Crippen LogP contribution in [0.3, 0.4) is 0 Å². The van der Waals surface area contributed by atoms with Gasteiger partial charge in [-0.1, -0.05) is 150 Å². The van der Waals surface area contributed by atoms with Gasteiger partial charge >= 0.3 is 11.9 Å². The number of carbonyl (C=O) groups excluding carboxylic acids is 2. The van der Waals surface area contributed by atoms with Crippen LogP contribution in [0.4, 0.5) is 0 Å². The highest BCUT2D eigenvalue weighted by molar-refractivity contribution is 7.45. The first-order chi connectivity index (χ1) is 28.0. The van der Waals surface area contributed by atoms with Crippen molar-refractivity contribution in [3.8, 4) is 0 Å². The first kappa shape index (κ1) is 55.2. The molecule has 0 saturated carbocycles. The normalized spacial score (nSPS) is 14.4. The predicted molar refractivity (Wildman–Crippen MR) is 240 cm³/mol. The minimum atomic E-state index is -4.65. The number of quaternary nitrogens is 1. The molecule has 0 aliphatic carbocycles. The lowest BCUT2D eigenvalue weighted by atomic mass is 10.1. The molecule has 0 aliphatic heterocycles. The van der Waals surface area contributed by atoms with Crippen molar-refractivity contribution in [2.24, 2.45) is 0 Å². The maximum Gasteiger partial charge on any atom is 0.306 e. The van der Waals surface area contributed by atoms with Gasteiger partial charge in [0.25, 0.3) is 7.82 Å². The molecule has 0 heterocycles. The highest BCUT2D eigenvalue weighted by Gasteiger charge is 2.21. The van der Waals surface area contributed by atoms with Crippen LogP contribution in [-0.2, 0) is 32.7 Å². The zero-order chi connectivity index (χ0) is 42.8. The maximum atomic E-state index is 12.6. The van der Waals surface area contributed by atoms with E-state index in [1.54, 1.807) is 0 Å². The Morgan fingerprint density at radius 1 is 0.552 bits per heavy atom. The molecule has 9 nitrogen and oxygen atoms in total. The Balaban J connectivity index is 4.52. The minimum absolute atomic E-state index is 0.0500. The number of hydrogen-bond donors (Lipinski definition) is 0. The summed E-state index contributed by atoms with van der Waals surface area (Å²) in [6, 6.07) is 0. The van der Waals surface area contributed by atoms with Crippen LogP contribution in [0.25, 0.3) is 0 Å². The van der Waals surface area contributed by atoms with E-state index in [-0.39, 0.29) is 26.1 Å². The molecule has 0 aromatic heterocycles. The summed E-state index contributed by atoms with van der Waals surface area (Å²) < 4.78 is 33.8. The number of hydrogen-bond acceptors (Lipinski definition) is 8. The Morgan fingerprint density at radius 3 is 1.53 bits per heavy atom. The standard InChI is InChI=1S/C48H82NO8P/c1-6-8-10-12-14-16-18-20-22-23-24-25-27-29-31-33-35-37-39-41-48(51)57-46(45-56-58(52,53)55-43-42-49(3,4)5)44-54-47(50)40-38-36-34-32-30-28-26-21-19-17-15-13-11-9-7-2/h8,10,14,16,20-22,24-26,29,31,35,37,46H,6-7,9,11-13,15,17-19,23,27-28,30,32-34,36,38-45H2,1-5H3/b10-8+,16-14+,22-20-,25-24-,26-21-,31-29+,37-35-. The second kappa shape index (κ2) is 39.6. The van der Waals surface area contributed by atoms with Crippen LogP contribution in [0.15, 0.2) is 85.1 Å². The van der Waals surface area contributed by atoms with Crippen molar-refractivity contribution in [1.29, 1.82) is 0 Å². The molecule has 0 amide bonds. The molecule has 0 fully saturated rings. The average Bonchev–Trinajstić information content (AvgIpc) is 3.17. The molecule has 10 heteroatoms. The first-order valence-electron chi connectivity index (χ1n) is 22.3. The molecule has 0 spiro atoms. The molecule has 0 aromatic carbocycles. The van der Waals surface area contributed by atoms with E-state index in [1.165, 1.54) is 44.9 Å². The Labute approximate surface area is 354 Å². The molecular formula is C48H82NO8P. The summed E-state index contributed by atoms with van der Waals surface area (Å²) in [5.74, 6) is -0.950. The van der Waals surface area contributed by atoms with Gasteiger partial charge < -0.3 is 27.9 Å². The molecule has 58 heavy (non-hydrogen) atoms. The smallest absolute Gasteiger partial charge is 0.306 e. The van der Waals surface area contributed by atoms with Crippen LogP contribution in [0.5, 0.6) is 0 Å². The number of phosphoric acid groups is 1. The van der Waals surface area contributed by atoms with E-state index < -0.39 is 32.5 Å². The van der Waals surface area contributed by atoms with Crippen molar-refractivity contribution in [2.75, 3.05) is 47.5 Å². The van der Waals surface area contributed by atoms with Gasteiger partial charge in [0.1, 0.15) is 19.8 Å². The van der Waals surface area contributed by atoms with E-state index in [0.29, 0.717) is 23.9 Å². The monoisotopic (exact) mass is 832 g/mol. The summed E-state index contributed by atoms with van der Waals surface area (Å²) in [4.78, 5) is 37.5. The zero-order valence-corrected chi connectivity index (χ0v) is 38.1. The Hall–Kier alpha value is -2.81. The fourth-order valence-electron chi connectivity index (χ4n) is 5.44. The van der Waals surface area contributed by atoms with Gasteiger partial charge in [-0.2, -0.15) is 0 Å². The van der Waals surface area contributed by atoms with E-state index in [2.05, 4.69) is 86.8 Å². The van der Waals surface area contributed by atoms with Gasteiger partial charge in [-0.25, -0.2) is 0 Å². The summed E-state index contributed by atoms with van der Waals surface area (Å²) in [5.41, 5.74) is 0. The summed E-state index contributed by atoms with van der Waals surface area (Å²) in [7, 11) is 1.10. The van der Waals surface area contributed by atoms with Crippen molar-refractivity contribution < 1.29 is 42.1 Å². The fourth-order valence-corrected chi connectivity index (χ4v) is 6.17. The van der Waals surface area contributed by atoms with Crippen molar-refractivity contribution in [2.45, 2.75) is 161 Å². The second-order valence-corrected chi connectivity index (χ2v) is 17.1. The van der Waals surface area contributed by atoms with Gasteiger partial charge in [0.15, 0.2) is 6.10 Å². The molecule has 0 radical (unpaired) electrons. The molecule has 332 valence electrons. The number of unbranched alkanes of at least 4 members (excludes halogenated alkanes) is 11. The number of carbonyl (C=O) groups is 2. The summed E-state index contributed by atoms with van der Waals surface area (Å²) in [6.45, 7) is 3.99. The Morgan fingerprint density at radius 2 is 1.02 bits per heavy atom. The topological polar surface area (TPSA) is 111 Å². The largest absolute Gasteiger partial charge is 0.756 e. The highest BCUT2D eigenvalue weighted by atomic mass is 31.2. The van der Waals surface area contributed by atoms with Gasteiger partial charge in [-0.05, 0) is 77.0 Å². The number of phosphoric ester groups is 1. The molecule has 0 saturated heterocycles. The lowest BCUT2D eigenvalue weighted by Crippen LogP contribution is -2.37. The molecule has 0 rings (SSSR count). The van der Waals surface area contributed by atoms with Crippen LogP contribution in [-0.4, -0.2) is 70.0 Å². The first-order valence-corrected chi connectivity index (χ1v) is 23.8. The molecule has 2 unspecified atom stereocenters. The predicted octanol–water partition coefficient (Wildman–Crippen LogP) is 12.2. The molecule has 0 aliphatic rings. The van der Waals surface area contributed by atoms with Gasteiger partial charge in [0.2, 0.25) is 0 Å². The molecule has 0 N–H and O–H groups in total. The van der Waals surface area contributed by atoms with Gasteiger partial charge in [-0.3, -0.25) is 14.2 Å². The van der Waals surface area contributed by atoms with Gasteiger partial charge in [-0.15, -0.1) is 0 Å². The van der Waals surface area contributed by atoms with E-state index in [4.69, 9.17) is 18.5 Å². The third-order valence-corrected chi connectivity index (χ3v) is 9.88. The average molecular weight is 832 g/mol. The van der Waals surface area contributed by atoms with Crippen molar-refractivity contribution >= 4 is 19.8 Å². The van der Waals surface area contributed by atoms with Crippen molar-refractivity contribution in [3.63, 3.8) is 0 Å². The van der Waals surface area contributed by atoms with Crippen LogP contribution in [0.2, 0.25) is 0 Å². The Bertz CT molecular complexity index is 1260. The quantitative estimate of drug-likeness (QED) is 0.0198. The second-order valence-electron chi connectivity index (χ2n) is 15.7. The number of nitrogens with zero attached hydrogens (tertiary/aromatic N) is 1. The summed E-state index contributed by atoms with van der Waals surface area (Å²) >= 11 is 0. The molecule has 0 bridgehead atoms. The maximum absolute atomic E-state index is 12.6. The minimum Gasteiger partial charge on any atom is -0.756 e. The van der Waals surface area contributed by atoms with Crippen molar-refractivity contribution in [1.82, 2.24) is 0 Å². The van der Waals surface area contributed by atoms with Crippen LogP contribution in [0, 0.1) is 0 Å². The number of rotatable bonds is 39. The lowest BCUT2D eigenvalue weighted by Gasteiger charge is -2.28. The summed E-state index contributed by atoms with van der Waals surface area (Å²) in [6.07, 6.45) is 50.5. The molecule has 0 aromatic rings. The Kier molecular flexibility index (Phi) is 37.7. The number of likely N-dealkylation sites (N-methyl/N-ethyl adjacent to an activating group) is 1. The summed E-state index contributed by atoms with van der Waals surface area (Å²) in [5, 5.41) is 0. The third kappa shape index (κ3) is 42.8. The third-order valence-electron chi connectivity index (χ3n) is 8.91. The van der Waals surface area contributed by atoms with Crippen molar-refractivity contribution in [3.05, 3.63) is 85.1 Å².